The van der Waals surface area contributed by atoms with Gasteiger partial charge in [-0.15, -0.1) is 0 Å². The SMILES string of the molecule is C=C(C)COc1ccc(N)cc1C. The van der Waals surface area contributed by atoms with Crippen molar-refractivity contribution in [3.8, 4) is 5.75 Å². The summed E-state index contributed by atoms with van der Waals surface area (Å²) in [6.07, 6.45) is 0. The second-order valence-electron chi connectivity index (χ2n) is 3.27. The zero-order valence-electron chi connectivity index (χ0n) is 8.13. The van der Waals surface area contributed by atoms with E-state index in [9.17, 15) is 0 Å². The number of hydrogen-bond acceptors (Lipinski definition) is 2. The van der Waals surface area contributed by atoms with E-state index >= 15 is 0 Å². The van der Waals surface area contributed by atoms with Gasteiger partial charge in [0.25, 0.3) is 0 Å². The highest BCUT2D eigenvalue weighted by atomic mass is 16.5. The van der Waals surface area contributed by atoms with Crippen LogP contribution in [0.15, 0.2) is 30.4 Å². The van der Waals surface area contributed by atoms with Crippen molar-refractivity contribution in [2.75, 3.05) is 12.3 Å². The van der Waals surface area contributed by atoms with E-state index in [1.807, 2.05) is 32.0 Å². The number of benzene rings is 1. The largest absolute Gasteiger partial charge is 0.489 e. The Morgan fingerprint density at radius 3 is 2.77 bits per heavy atom. The van der Waals surface area contributed by atoms with Gasteiger partial charge in [0, 0.05) is 5.69 Å². The van der Waals surface area contributed by atoms with Crippen molar-refractivity contribution in [3.05, 3.63) is 35.9 Å². The highest BCUT2D eigenvalue weighted by molar-refractivity contribution is 5.47. The van der Waals surface area contributed by atoms with Crippen molar-refractivity contribution in [2.24, 2.45) is 0 Å². The maximum absolute atomic E-state index is 5.61. The first-order valence-corrected chi connectivity index (χ1v) is 4.23. The summed E-state index contributed by atoms with van der Waals surface area (Å²) in [5, 5.41) is 0. The third kappa shape index (κ3) is 2.82. The standard InChI is InChI=1S/C11H15NO/c1-8(2)7-13-11-5-4-10(12)6-9(11)3/h4-6H,1,7,12H2,2-3H3. The number of nitrogen functional groups attached to an aromatic ring is 1. The summed E-state index contributed by atoms with van der Waals surface area (Å²) in [6, 6.07) is 5.61. The van der Waals surface area contributed by atoms with Gasteiger partial charge in [-0.2, -0.15) is 0 Å². The maximum Gasteiger partial charge on any atom is 0.122 e. The highest BCUT2D eigenvalue weighted by Gasteiger charge is 1.98. The van der Waals surface area contributed by atoms with E-state index in [2.05, 4.69) is 6.58 Å². The summed E-state index contributed by atoms with van der Waals surface area (Å²) in [7, 11) is 0. The van der Waals surface area contributed by atoms with E-state index in [1.54, 1.807) is 0 Å². The molecule has 0 aromatic heterocycles. The average Bonchev–Trinajstić information content (AvgIpc) is 2.02. The molecule has 2 heteroatoms. The lowest BCUT2D eigenvalue weighted by molar-refractivity contribution is 0.350. The molecule has 0 aliphatic carbocycles. The first kappa shape index (κ1) is 9.65. The van der Waals surface area contributed by atoms with Gasteiger partial charge in [0.1, 0.15) is 12.4 Å². The molecule has 0 amide bonds. The molecule has 0 saturated carbocycles. The van der Waals surface area contributed by atoms with E-state index in [-0.39, 0.29) is 0 Å². The van der Waals surface area contributed by atoms with Crippen molar-refractivity contribution in [3.63, 3.8) is 0 Å². The molecule has 0 bridgehead atoms. The molecule has 0 heterocycles. The molecule has 2 N–H and O–H groups in total. The minimum Gasteiger partial charge on any atom is -0.489 e. The Morgan fingerprint density at radius 2 is 2.23 bits per heavy atom. The van der Waals surface area contributed by atoms with Crippen LogP contribution >= 0.6 is 0 Å². The number of ether oxygens (including phenoxy) is 1. The van der Waals surface area contributed by atoms with Gasteiger partial charge in [-0.1, -0.05) is 6.58 Å². The molecule has 13 heavy (non-hydrogen) atoms. The van der Waals surface area contributed by atoms with E-state index < -0.39 is 0 Å². The summed E-state index contributed by atoms with van der Waals surface area (Å²) in [5.74, 6) is 0.872. The van der Waals surface area contributed by atoms with Crippen molar-refractivity contribution >= 4 is 5.69 Å². The van der Waals surface area contributed by atoms with Crippen LogP contribution in [0.4, 0.5) is 5.69 Å². The molecule has 2 nitrogen and oxygen atoms in total. The molecule has 0 fully saturated rings. The smallest absolute Gasteiger partial charge is 0.122 e. The lowest BCUT2D eigenvalue weighted by Crippen LogP contribution is -1.99. The van der Waals surface area contributed by atoms with E-state index in [0.717, 1.165) is 22.6 Å². The van der Waals surface area contributed by atoms with E-state index in [0.29, 0.717) is 6.61 Å². The Bertz CT molecular complexity index is 318. The van der Waals surface area contributed by atoms with Crippen LogP contribution in [0.3, 0.4) is 0 Å². The Kier molecular flexibility index (Phi) is 2.96. The zero-order valence-corrected chi connectivity index (χ0v) is 8.13. The van der Waals surface area contributed by atoms with E-state index in [1.165, 1.54) is 0 Å². The molecule has 1 rings (SSSR count). The number of anilines is 1. The van der Waals surface area contributed by atoms with Crippen LogP contribution in [0.25, 0.3) is 0 Å². The predicted molar refractivity (Wildman–Crippen MR) is 55.9 cm³/mol. The van der Waals surface area contributed by atoms with Gasteiger partial charge in [-0.3, -0.25) is 0 Å². The fraction of sp³-hybridized carbons (Fsp3) is 0.273. The summed E-state index contributed by atoms with van der Waals surface area (Å²) < 4.78 is 5.50. The molecular formula is C11H15NO. The zero-order chi connectivity index (χ0) is 9.84. The Labute approximate surface area is 79.0 Å². The van der Waals surface area contributed by atoms with Crippen LogP contribution in [0.2, 0.25) is 0 Å². The Morgan fingerprint density at radius 1 is 1.54 bits per heavy atom. The van der Waals surface area contributed by atoms with Gasteiger partial charge in [-0.05, 0) is 43.2 Å². The lowest BCUT2D eigenvalue weighted by Gasteiger charge is -2.08. The van der Waals surface area contributed by atoms with Gasteiger partial charge in [-0.25, -0.2) is 0 Å². The van der Waals surface area contributed by atoms with Crippen LogP contribution in [0, 0.1) is 6.92 Å². The second-order valence-corrected chi connectivity index (χ2v) is 3.27. The summed E-state index contributed by atoms with van der Waals surface area (Å²) >= 11 is 0. The summed E-state index contributed by atoms with van der Waals surface area (Å²) in [4.78, 5) is 0. The predicted octanol–water partition coefficient (Wildman–Crippen LogP) is 2.53. The van der Waals surface area contributed by atoms with Gasteiger partial charge in [0.15, 0.2) is 0 Å². The van der Waals surface area contributed by atoms with Crippen molar-refractivity contribution in [1.29, 1.82) is 0 Å². The Balaban J connectivity index is 2.72. The fourth-order valence-corrected chi connectivity index (χ4v) is 1.04. The van der Waals surface area contributed by atoms with Crippen LogP contribution in [0.5, 0.6) is 5.75 Å². The number of hydrogen-bond donors (Lipinski definition) is 1. The van der Waals surface area contributed by atoms with Crippen LogP contribution in [0.1, 0.15) is 12.5 Å². The van der Waals surface area contributed by atoms with Crippen molar-refractivity contribution < 1.29 is 4.74 Å². The molecule has 0 aliphatic rings. The number of nitrogens with two attached hydrogens (primary N) is 1. The highest BCUT2D eigenvalue weighted by Crippen LogP contribution is 2.20. The average molecular weight is 177 g/mol. The van der Waals surface area contributed by atoms with Crippen LogP contribution in [-0.2, 0) is 0 Å². The maximum atomic E-state index is 5.61. The molecule has 0 saturated heterocycles. The third-order valence-corrected chi connectivity index (χ3v) is 1.67. The molecule has 0 radical (unpaired) electrons. The van der Waals surface area contributed by atoms with Gasteiger partial charge < -0.3 is 10.5 Å². The van der Waals surface area contributed by atoms with Gasteiger partial charge in [0.2, 0.25) is 0 Å². The molecule has 1 aromatic carbocycles. The molecule has 1 aromatic rings. The van der Waals surface area contributed by atoms with Crippen LogP contribution in [-0.4, -0.2) is 6.61 Å². The van der Waals surface area contributed by atoms with Crippen LogP contribution < -0.4 is 10.5 Å². The van der Waals surface area contributed by atoms with Crippen molar-refractivity contribution in [1.82, 2.24) is 0 Å². The molecule has 0 aliphatic heterocycles. The first-order chi connectivity index (χ1) is 6.09. The third-order valence-electron chi connectivity index (χ3n) is 1.67. The van der Waals surface area contributed by atoms with Gasteiger partial charge in [0.05, 0.1) is 0 Å². The van der Waals surface area contributed by atoms with Crippen molar-refractivity contribution in [2.45, 2.75) is 13.8 Å². The minimum absolute atomic E-state index is 0.560. The summed E-state index contributed by atoms with van der Waals surface area (Å²) in [5.41, 5.74) is 8.44. The normalized spacial score (nSPS) is 9.69. The van der Waals surface area contributed by atoms with E-state index in [4.69, 9.17) is 10.5 Å². The molecule has 70 valence electrons. The quantitative estimate of drug-likeness (QED) is 0.568. The number of aryl methyl sites for hydroxylation is 1. The van der Waals surface area contributed by atoms with Gasteiger partial charge >= 0.3 is 0 Å². The molecule has 0 spiro atoms. The second kappa shape index (κ2) is 3.99. The lowest BCUT2D eigenvalue weighted by atomic mass is 10.2. The first-order valence-electron chi connectivity index (χ1n) is 4.23. The Hall–Kier alpha value is -1.44. The fourth-order valence-electron chi connectivity index (χ4n) is 1.04. The molecule has 0 unspecified atom stereocenters. The molecule has 0 atom stereocenters. The molecular weight excluding hydrogens is 162 g/mol. The number of rotatable bonds is 3. The monoisotopic (exact) mass is 177 g/mol. The summed E-state index contributed by atoms with van der Waals surface area (Å²) in [6.45, 7) is 8.24. The topological polar surface area (TPSA) is 35.2 Å². The minimum atomic E-state index is 0.560.